The van der Waals surface area contributed by atoms with E-state index in [1.165, 1.54) is 15.6 Å². The Morgan fingerprint density at radius 3 is 3.00 bits per heavy atom. The molecule has 0 saturated carbocycles. The molecule has 0 amide bonds. The molecular weight excluding hydrogens is 205 g/mol. The van der Waals surface area contributed by atoms with Crippen LogP contribution in [0, 0.1) is 0 Å². The third kappa shape index (κ3) is 2.40. The zero-order chi connectivity index (χ0) is 10.7. The van der Waals surface area contributed by atoms with E-state index in [1.54, 1.807) is 11.3 Å². The van der Waals surface area contributed by atoms with Gasteiger partial charge >= 0.3 is 7.48 Å². The van der Waals surface area contributed by atoms with Crippen molar-refractivity contribution >= 4 is 33.7 Å². The summed E-state index contributed by atoms with van der Waals surface area (Å²) in [6.45, 7) is 0.996. The van der Waals surface area contributed by atoms with Crippen molar-refractivity contribution < 1.29 is 5.02 Å². The predicted molar refractivity (Wildman–Crippen MR) is 67.1 cm³/mol. The maximum absolute atomic E-state index is 8.92. The van der Waals surface area contributed by atoms with E-state index in [0.717, 1.165) is 25.2 Å². The van der Waals surface area contributed by atoms with E-state index in [1.807, 2.05) is 13.1 Å². The molecule has 0 aliphatic carbocycles. The van der Waals surface area contributed by atoms with Crippen molar-refractivity contribution in [3.8, 4) is 0 Å². The van der Waals surface area contributed by atoms with Gasteiger partial charge in [-0.2, -0.15) is 0 Å². The smallest absolute Gasteiger partial charge is 0.337 e. The fourth-order valence-electron chi connectivity index (χ4n) is 1.58. The summed E-state index contributed by atoms with van der Waals surface area (Å²) in [5.41, 5.74) is 1.34. The van der Waals surface area contributed by atoms with Crippen molar-refractivity contribution in [3.05, 3.63) is 29.8 Å². The standard InChI is InChI=1S/C11H13BNOS/c1-13-5-4-8-2-3-9-7-11(12-14)15-10(9)6-8/h2-3,6-7,13-14H,4-5H2,1H3. The van der Waals surface area contributed by atoms with E-state index in [-0.39, 0.29) is 0 Å². The van der Waals surface area contributed by atoms with E-state index >= 15 is 0 Å². The molecule has 0 aliphatic heterocycles. The second-order valence-electron chi connectivity index (χ2n) is 3.50. The van der Waals surface area contributed by atoms with E-state index in [2.05, 4.69) is 23.5 Å². The fraction of sp³-hybridized carbons (Fsp3) is 0.273. The first kappa shape index (κ1) is 10.7. The molecule has 1 aromatic carbocycles. The summed E-state index contributed by atoms with van der Waals surface area (Å²) in [6.07, 6.45) is 1.04. The average Bonchev–Trinajstić information content (AvgIpc) is 2.68. The maximum atomic E-state index is 8.92. The molecule has 2 rings (SSSR count). The lowest BCUT2D eigenvalue weighted by molar-refractivity contribution is 0.616. The minimum Gasteiger partial charge on any atom is -0.449 e. The normalized spacial score (nSPS) is 10.8. The van der Waals surface area contributed by atoms with Gasteiger partial charge in [-0.1, -0.05) is 12.1 Å². The molecule has 0 saturated heterocycles. The number of nitrogens with one attached hydrogen (secondary N) is 1. The van der Waals surface area contributed by atoms with Crippen molar-refractivity contribution in [2.45, 2.75) is 6.42 Å². The van der Waals surface area contributed by atoms with Crippen molar-refractivity contribution in [1.29, 1.82) is 0 Å². The van der Waals surface area contributed by atoms with Gasteiger partial charge in [0, 0.05) is 9.48 Å². The molecule has 2 aromatic rings. The summed E-state index contributed by atoms with van der Waals surface area (Å²) < 4.78 is 2.15. The Labute approximate surface area is 94.2 Å². The van der Waals surface area contributed by atoms with Crippen LogP contribution in [-0.4, -0.2) is 26.1 Å². The minimum absolute atomic E-state index is 0.913. The third-order valence-corrected chi connectivity index (χ3v) is 3.43. The highest BCUT2D eigenvalue weighted by atomic mass is 32.1. The molecule has 15 heavy (non-hydrogen) atoms. The molecule has 0 aliphatic rings. The molecule has 1 radical (unpaired) electrons. The van der Waals surface area contributed by atoms with E-state index in [4.69, 9.17) is 5.02 Å². The predicted octanol–water partition coefficient (Wildman–Crippen LogP) is 0.900. The average molecular weight is 218 g/mol. The summed E-state index contributed by atoms with van der Waals surface area (Å²) in [5.74, 6) is 0. The second-order valence-corrected chi connectivity index (χ2v) is 4.62. The number of hydrogen-bond donors (Lipinski definition) is 2. The van der Waals surface area contributed by atoms with Gasteiger partial charge in [-0.05, 0) is 43.1 Å². The number of likely N-dealkylation sites (N-methyl/N-ethyl adjacent to an activating group) is 1. The zero-order valence-electron chi connectivity index (χ0n) is 8.66. The third-order valence-electron chi connectivity index (χ3n) is 2.39. The van der Waals surface area contributed by atoms with Crippen LogP contribution >= 0.6 is 11.3 Å². The van der Waals surface area contributed by atoms with Crippen LogP contribution in [-0.2, 0) is 6.42 Å². The lowest BCUT2D eigenvalue weighted by atomic mass is 9.99. The highest BCUT2D eigenvalue weighted by molar-refractivity contribution is 7.26. The topological polar surface area (TPSA) is 32.3 Å². The van der Waals surface area contributed by atoms with Crippen molar-refractivity contribution in [3.63, 3.8) is 0 Å². The van der Waals surface area contributed by atoms with Crippen LogP contribution in [0.15, 0.2) is 24.3 Å². The summed E-state index contributed by atoms with van der Waals surface area (Å²) in [4.78, 5) is 0. The summed E-state index contributed by atoms with van der Waals surface area (Å²) in [6, 6.07) is 8.46. The molecule has 0 fully saturated rings. The van der Waals surface area contributed by atoms with Gasteiger partial charge in [0.25, 0.3) is 0 Å². The summed E-state index contributed by atoms with van der Waals surface area (Å²) >= 11 is 1.62. The molecule has 0 unspecified atom stereocenters. The van der Waals surface area contributed by atoms with Gasteiger partial charge in [-0.3, -0.25) is 0 Å². The number of benzene rings is 1. The second kappa shape index (κ2) is 4.79. The Kier molecular flexibility index (Phi) is 3.41. The van der Waals surface area contributed by atoms with Crippen LogP contribution in [0.5, 0.6) is 0 Å². The van der Waals surface area contributed by atoms with Crippen LogP contribution in [0.1, 0.15) is 5.56 Å². The molecule has 2 nitrogen and oxygen atoms in total. The number of hydrogen-bond acceptors (Lipinski definition) is 3. The molecule has 0 spiro atoms. The molecule has 1 heterocycles. The van der Waals surface area contributed by atoms with Crippen LogP contribution in [0.3, 0.4) is 0 Å². The van der Waals surface area contributed by atoms with Crippen LogP contribution in [0.4, 0.5) is 0 Å². The van der Waals surface area contributed by atoms with Gasteiger partial charge in [0.1, 0.15) is 0 Å². The number of rotatable bonds is 4. The van der Waals surface area contributed by atoms with Crippen LogP contribution in [0.25, 0.3) is 10.1 Å². The van der Waals surface area contributed by atoms with Gasteiger partial charge in [-0.15, -0.1) is 11.3 Å². The van der Waals surface area contributed by atoms with Crippen molar-refractivity contribution in [2.24, 2.45) is 0 Å². The molecule has 77 valence electrons. The molecule has 4 heteroatoms. The Bertz CT molecular complexity index is 455. The van der Waals surface area contributed by atoms with E-state index in [9.17, 15) is 0 Å². The summed E-state index contributed by atoms with van der Waals surface area (Å²) in [7, 11) is 3.13. The lowest BCUT2D eigenvalue weighted by Crippen LogP contribution is -2.09. The number of thiophene rings is 1. The Balaban J connectivity index is 2.29. The minimum atomic E-state index is 0.913. The monoisotopic (exact) mass is 218 g/mol. The first-order valence-electron chi connectivity index (χ1n) is 4.98. The van der Waals surface area contributed by atoms with Gasteiger partial charge in [0.2, 0.25) is 0 Å². The largest absolute Gasteiger partial charge is 0.449 e. The fourth-order valence-corrected chi connectivity index (χ4v) is 2.53. The van der Waals surface area contributed by atoms with Gasteiger partial charge in [0.05, 0.1) is 0 Å². The lowest BCUT2D eigenvalue weighted by Gasteiger charge is -2.00. The first-order valence-corrected chi connectivity index (χ1v) is 5.79. The van der Waals surface area contributed by atoms with E-state index < -0.39 is 0 Å². The molecule has 0 atom stereocenters. The van der Waals surface area contributed by atoms with Crippen molar-refractivity contribution in [2.75, 3.05) is 13.6 Å². The SMILES string of the molecule is CNCCc1ccc2cc([B]O)sc2c1. The van der Waals surface area contributed by atoms with Crippen molar-refractivity contribution in [1.82, 2.24) is 5.32 Å². The highest BCUT2D eigenvalue weighted by Crippen LogP contribution is 2.20. The molecule has 1 aromatic heterocycles. The number of fused-ring (bicyclic) bond motifs is 1. The summed E-state index contributed by atoms with van der Waals surface area (Å²) in [5, 5.41) is 13.3. The quantitative estimate of drug-likeness (QED) is 0.747. The zero-order valence-corrected chi connectivity index (χ0v) is 9.47. The van der Waals surface area contributed by atoms with E-state index in [0.29, 0.717) is 0 Å². The van der Waals surface area contributed by atoms with Crippen LogP contribution in [0.2, 0.25) is 0 Å². The van der Waals surface area contributed by atoms with Crippen LogP contribution < -0.4 is 10.1 Å². The molecule has 0 bridgehead atoms. The Morgan fingerprint density at radius 2 is 2.27 bits per heavy atom. The van der Waals surface area contributed by atoms with Gasteiger partial charge in [-0.25, -0.2) is 0 Å². The molecule has 2 N–H and O–H groups in total. The van der Waals surface area contributed by atoms with Gasteiger partial charge < -0.3 is 10.3 Å². The highest BCUT2D eigenvalue weighted by Gasteiger charge is 2.02. The maximum Gasteiger partial charge on any atom is 0.337 e. The molecular formula is C11H13BNOS. The Morgan fingerprint density at radius 1 is 1.40 bits per heavy atom. The van der Waals surface area contributed by atoms with Gasteiger partial charge in [0.15, 0.2) is 0 Å². The Hall–Kier alpha value is -0.835. The first-order chi connectivity index (χ1) is 7.33.